The van der Waals surface area contributed by atoms with Gasteiger partial charge >= 0.3 is 0 Å². The average molecular weight is 326 g/mol. The molecular weight excluding hydrogens is 320 g/mol. The molecule has 0 radical (unpaired) electrons. The molecule has 0 saturated carbocycles. The molecule has 0 aliphatic carbocycles. The summed E-state index contributed by atoms with van der Waals surface area (Å²) in [7, 11) is -9.61. The van der Waals surface area contributed by atoms with E-state index in [0.29, 0.717) is 12.1 Å². The van der Waals surface area contributed by atoms with E-state index in [0.717, 1.165) is 0 Å². The molecular formula is C6H6FeO8S2. The van der Waals surface area contributed by atoms with Crippen LogP contribution in [0.5, 0.6) is 11.5 Å². The molecule has 1 aromatic rings. The predicted octanol–water partition coefficient (Wildman–Crippen LogP) is -0.411. The first-order chi connectivity index (χ1) is 7.03. The second-order valence-corrected chi connectivity index (χ2v) is 5.52. The summed E-state index contributed by atoms with van der Waals surface area (Å²) in [5.41, 5.74) is 0. The van der Waals surface area contributed by atoms with Gasteiger partial charge in [0.2, 0.25) is 0 Å². The van der Waals surface area contributed by atoms with Crippen molar-refractivity contribution in [3.8, 4) is 11.5 Å². The molecule has 0 unspecified atom stereocenters. The molecule has 98 valence electrons. The first-order valence-corrected chi connectivity index (χ1v) is 6.42. The van der Waals surface area contributed by atoms with Gasteiger partial charge in [0.1, 0.15) is 21.3 Å². The van der Waals surface area contributed by atoms with Crippen molar-refractivity contribution in [1.29, 1.82) is 0 Å². The van der Waals surface area contributed by atoms with Gasteiger partial charge in [0.15, 0.2) is 0 Å². The van der Waals surface area contributed by atoms with E-state index in [4.69, 9.17) is 19.3 Å². The molecule has 0 aliphatic heterocycles. The number of phenols is 2. The standard InChI is InChI=1S/C6H6O8S2.Fe/c7-3-1-5(15(9,10)11)4(8)2-6(3)16(12,13)14;/h1-2,7-8H,(H,9,10,11)(H,12,13,14);. The maximum Gasteiger partial charge on any atom is 0.298 e. The second-order valence-electron chi connectivity index (χ2n) is 2.74. The number of aromatic hydroxyl groups is 2. The topological polar surface area (TPSA) is 149 Å². The number of hydrogen-bond donors (Lipinski definition) is 4. The number of rotatable bonds is 2. The zero-order chi connectivity index (χ0) is 12.7. The minimum Gasteiger partial charge on any atom is -0.506 e. The molecule has 0 heterocycles. The van der Waals surface area contributed by atoms with Gasteiger partial charge in [-0.05, 0) is 0 Å². The van der Waals surface area contributed by atoms with Gasteiger partial charge in [0, 0.05) is 29.2 Å². The summed E-state index contributed by atoms with van der Waals surface area (Å²) in [5, 5.41) is 18.2. The summed E-state index contributed by atoms with van der Waals surface area (Å²) in [6.45, 7) is 0. The van der Waals surface area contributed by atoms with Crippen LogP contribution >= 0.6 is 0 Å². The maximum absolute atomic E-state index is 10.6. The van der Waals surface area contributed by atoms with E-state index < -0.39 is 41.5 Å². The van der Waals surface area contributed by atoms with Gasteiger partial charge < -0.3 is 10.2 Å². The van der Waals surface area contributed by atoms with Crippen molar-refractivity contribution in [2.45, 2.75) is 9.79 Å². The third kappa shape index (κ3) is 3.56. The van der Waals surface area contributed by atoms with Gasteiger partial charge in [-0.25, -0.2) is 0 Å². The smallest absolute Gasteiger partial charge is 0.298 e. The van der Waals surface area contributed by atoms with Crippen LogP contribution in [0, 0.1) is 0 Å². The fraction of sp³-hybridized carbons (Fsp3) is 0. The van der Waals surface area contributed by atoms with Gasteiger partial charge in [0.05, 0.1) is 0 Å². The number of phenolic OH excluding ortho intramolecular Hbond substituents is 2. The van der Waals surface area contributed by atoms with Gasteiger partial charge in [-0.1, -0.05) is 0 Å². The summed E-state index contributed by atoms with van der Waals surface area (Å²) in [6.07, 6.45) is 0. The van der Waals surface area contributed by atoms with Crippen molar-refractivity contribution >= 4 is 20.2 Å². The average Bonchev–Trinajstić information content (AvgIpc) is 2.04. The van der Waals surface area contributed by atoms with E-state index >= 15 is 0 Å². The maximum atomic E-state index is 10.6. The van der Waals surface area contributed by atoms with Crippen LogP contribution in [0.4, 0.5) is 0 Å². The molecule has 0 aliphatic rings. The first kappa shape index (κ1) is 16.2. The minimum atomic E-state index is -4.80. The normalized spacial score (nSPS) is 11.9. The molecule has 4 N–H and O–H groups in total. The molecule has 8 nitrogen and oxygen atoms in total. The zero-order valence-corrected chi connectivity index (χ0v) is 10.5. The molecule has 0 spiro atoms. The molecule has 0 fully saturated rings. The van der Waals surface area contributed by atoms with Crippen molar-refractivity contribution in [3.63, 3.8) is 0 Å². The Balaban J connectivity index is 0.00000256. The van der Waals surface area contributed by atoms with Crippen molar-refractivity contribution in [2.75, 3.05) is 0 Å². The summed E-state index contributed by atoms with van der Waals surface area (Å²) in [4.78, 5) is -2.14. The van der Waals surface area contributed by atoms with Crippen LogP contribution in [-0.4, -0.2) is 36.2 Å². The molecule has 0 amide bonds. The van der Waals surface area contributed by atoms with Gasteiger partial charge in [-0.2, -0.15) is 16.8 Å². The largest absolute Gasteiger partial charge is 0.506 e. The van der Waals surface area contributed by atoms with Crippen LogP contribution in [0.1, 0.15) is 0 Å². The van der Waals surface area contributed by atoms with Gasteiger partial charge in [0.25, 0.3) is 20.2 Å². The molecule has 0 aromatic heterocycles. The SMILES string of the molecule is O=S(=O)(O)c1cc(O)c(S(=O)(=O)O)cc1O.[Fe]. The Kier molecular flexibility index (Phi) is 4.56. The fourth-order valence-electron chi connectivity index (χ4n) is 0.952. The minimum absolute atomic E-state index is 0. The summed E-state index contributed by atoms with van der Waals surface area (Å²) < 4.78 is 59.7. The molecule has 17 heavy (non-hydrogen) atoms. The quantitative estimate of drug-likeness (QED) is 0.325. The summed E-state index contributed by atoms with van der Waals surface area (Å²) in [5.74, 6) is -2.24. The summed E-state index contributed by atoms with van der Waals surface area (Å²) >= 11 is 0. The van der Waals surface area contributed by atoms with Crippen LogP contribution < -0.4 is 0 Å². The van der Waals surface area contributed by atoms with Crippen molar-refractivity contribution in [2.24, 2.45) is 0 Å². The first-order valence-electron chi connectivity index (χ1n) is 3.54. The second kappa shape index (κ2) is 4.80. The van der Waals surface area contributed by atoms with Crippen LogP contribution in [-0.2, 0) is 37.3 Å². The Morgan fingerprint density at radius 2 is 1.00 bits per heavy atom. The van der Waals surface area contributed by atoms with Crippen LogP contribution in [0.3, 0.4) is 0 Å². The molecule has 11 heteroatoms. The predicted molar refractivity (Wildman–Crippen MR) is 49.4 cm³/mol. The Morgan fingerprint density at radius 3 is 1.18 bits per heavy atom. The summed E-state index contributed by atoms with van der Waals surface area (Å²) in [6, 6.07) is 0.599. The third-order valence-corrected chi connectivity index (χ3v) is 3.36. The van der Waals surface area contributed by atoms with E-state index in [2.05, 4.69) is 0 Å². The van der Waals surface area contributed by atoms with Crippen LogP contribution in [0.25, 0.3) is 0 Å². The third-order valence-electron chi connectivity index (χ3n) is 1.60. The van der Waals surface area contributed by atoms with E-state index in [1.54, 1.807) is 0 Å². The van der Waals surface area contributed by atoms with E-state index in [-0.39, 0.29) is 17.1 Å². The van der Waals surface area contributed by atoms with E-state index in [9.17, 15) is 16.8 Å². The number of hydrogen-bond acceptors (Lipinski definition) is 6. The van der Waals surface area contributed by atoms with Gasteiger partial charge in [-0.15, -0.1) is 0 Å². The Labute approximate surface area is 107 Å². The van der Waals surface area contributed by atoms with E-state index in [1.165, 1.54) is 0 Å². The zero-order valence-electron chi connectivity index (χ0n) is 7.75. The molecule has 0 atom stereocenters. The molecule has 1 aromatic carbocycles. The monoisotopic (exact) mass is 326 g/mol. The molecule has 0 bridgehead atoms. The Hall–Kier alpha value is -0.841. The fourth-order valence-corrected chi connectivity index (χ4v) is 2.12. The van der Waals surface area contributed by atoms with Crippen molar-refractivity contribution in [3.05, 3.63) is 12.1 Å². The number of benzene rings is 1. The Morgan fingerprint density at radius 1 is 0.765 bits per heavy atom. The Bertz CT molecular complexity index is 574. The molecule has 1 rings (SSSR count). The van der Waals surface area contributed by atoms with Gasteiger partial charge in [-0.3, -0.25) is 9.11 Å². The molecule has 0 saturated heterocycles. The van der Waals surface area contributed by atoms with E-state index in [1.807, 2.05) is 0 Å². The van der Waals surface area contributed by atoms with Crippen molar-refractivity contribution < 1.29 is 53.2 Å². The van der Waals surface area contributed by atoms with Crippen molar-refractivity contribution in [1.82, 2.24) is 0 Å². The van der Waals surface area contributed by atoms with Crippen LogP contribution in [0.15, 0.2) is 21.9 Å². The van der Waals surface area contributed by atoms with Crippen LogP contribution in [0.2, 0.25) is 0 Å².